The summed E-state index contributed by atoms with van der Waals surface area (Å²) in [6.07, 6.45) is 0. The zero-order valence-electron chi connectivity index (χ0n) is 6.67. The summed E-state index contributed by atoms with van der Waals surface area (Å²) >= 11 is 2.97. The van der Waals surface area contributed by atoms with Crippen LogP contribution in [0.4, 0.5) is 4.39 Å². The van der Waals surface area contributed by atoms with Crippen molar-refractivity contribution in [2.24, 2.45) is 5.73 Å². The lowest BCUT2D eigenvalue weighted by Crippen LogP contribution is -2.14. The van der Waals surface area contributed by atoms with Gasteiger partial charge in [0.15, 0.2) is 0 Å². The van der Waals surface area contributed by atoms with Crippen molar-refractivity contribution < 1.29 is 14.6 Å². The Kier molecular flexibility index (Phi) is 3.24. The van der Waals surface area contributed by atoms with Crippen LogP contribution >= 0.6 is 15.9 Å². The zero-order chi connectivity index (χ0) is 10.0. The minimum absolute atomic E-state index is 0.136. The molecule has 0 amide bonds. The lowest BCUT2D eigenvalue weighted by Gasteiger charge is -2.11. The van der Waals surface area contributed by atoms with Crippen molar-refractivity contribution in [1.82, 2.24) is 0 Å². The van der Waals surface area contributed by atoms with Crippen molar-refractivity contribution in [1.29, 1.82) is 0 Å². The topological polar surface area (TPSA) is 66.5 Å². The van der Waals surface area contributed by atoms with Gasteiger partial charge >= 0.3 is 0 Å². The molecule has 0 bridgehead atoms. The first kappa shape index (κ1) is 10.4. The van der Waals surface area contributed by atoms with Gasteiger partial charge in [0.05, 0.1) is 17.1 Å². The van der Waals surface area contributed by atoms with E-state index in [-0.39, 0.29) is 22.4 Å². The maximum Gasteiger partial charge on any atom is 0.134 e. The number of phenolic OH excluding ortho intramolecular Hbond substituents is 1. The van der Waals surface area contributed by atoms with E-state index in [2.05, 4.69) is 15.9 Å². The molecule has 1 aromatic carbocycles. The number of aliphatic hydroxyl groups is 1. The molecule has 0 spiro atoms. The lowest BCUT2D eigenvalue weighted by atomic mass is 10.1. The number of rotatable bonds is 2. The lowest BCUT2D eigenvalue weighted by molar-refractivity contribution is 0.265. The summed E-state index contributed by atoms with van der Waals surface area (Å²) in [7, 11) is 0. The number of aliphatic hydroxyl groups excluding tert-OH is 1. The first-order chi connectivity index (χ1) is 6.06. The Morgan fingerprint density at radius 2 is 2.15 bits per heavy atom. The molecule has 0 aromatic heterocycles. The van der Waals surface area contributed by atoms with Gasteiger partial charge in [-0.05, 0) is 28.1 Å². The number of halogens is 2. The average Bonchev–Trinajstić information content (AvgIpc) is 2.10. The molecule has 0 saturated heterocycles. The van der Waals surface area contributed by atoms with E-state index < -0.39 is 11.9 Å². The normalized spacial score (nSPS) is 12.9. The molecule has 1 atom stereocenters. The van der Waals surface area contributed by atoms with E-state index in [0.717, 1.165) is 12.1 Å². The summed E-state index contributed by atoms with van der Waals surface area (Å²) in [5.41, 5.74) is 5.62. The fourth-order valence-corrected chi connectivity index (χ4v) is 1.41. The number of benzene rings is 1. The molecule has 4 N–H and O–H groups in total. The molecule has 1 aromatic rings. The Morgan fingerprint density at radius 1 is 1.54 bits per heavy atom. The van der Waals surface area contributed by atoms with Gasteiger partial charge in [-0.1, -0.05) is 0 Å². The Morgan fingerprint density at radius 3 is 2.69 bits per heavy atom. The summed E-state index contributed by atoms with van der Waals surface area (Å²) in [6.45, 7) is -0.344. The van der Waals surface area contributed by atoms with Gasteiger partial charge in [-0.25, -0.2) is 4.39 Å². The van der Waals surface area contributed by atoms with E-state index in [0.29, 0.717) is 0 Å². The number of nitrogens with two attached hydrogens (primary N) is 1. The Bertz CT molecular complexity index is 319. The molecule has 0 fully saturated rings. The first-order valence-electron chi connectivity index (χ1n) is 3.60. The fourth-order valence-electron chi connectivity index (χ4n) is 0.967. The summed E-state index contributed by atoms with van der Waals surface area (Å²) in [5, 5.41) is 18.1. The average molecular weight is 250 g/mol. The van der Waals surface area contributed by atoms with Gasteiger partial charge < -0.3 is 15.9 Å². The van der Waals surface area contributed by atoms with Gasteiger partial charge in [0.25, 0.3) is 0 Å². The molecule has 0 heterocycles. The molecule has 0 aliphatic rings. The third kappa shape index (κ3) is 2.18. The molecule has 0 saturated carbocycles. The zero-order valence-corrected chi connectivity index (χ0v) is 8.25. The molecule has 0 radical (unpaired) electrons. The van der Waals surface area contributed by atoms with Crippen LogP contribution in [0.3, 0.4) is 0 Å². The van der Waals surface area contributed by atoms with Crippen LogP contribution < -0.4 is 5.73 Å². The highest BCUT2D eigenvalue weighted by atomic mass is 79.9. The van der Waals surface area contributed by atoms with Crippen LogP contribution in [0.1, 0.15) is 11.6 Å². The van der Waals surface area contributed by atoms with Gasteiger partial charge in [0.2, 0.25) is 0 Å². The van der Waals surface area contributed by atoms with Crippen LogP contribution in [0.15, 0.2) is 16.6 Å². The number of hydrogen-bond acceptors (Lipinski definition) is 3. The number of aromatic hydroxyl groups is 1. The van der Waals surface area contributed by atoms with Crippen molar-refractivity contribution in [3.05, 3.63) is 28.0 Å². The molecule has 72 valence electrons. The van der Waals surface area contributed by atoms with Gasteiger partial charge in [-0.2, -0.15) is 0 Å². The second-order valence-electron chi connectivity index (χ2n) is 2.61. The predicted molar refractivity (Wildman–Crippen MR) is 49.8 cm³/mol. The molecule has 0 aliphatic carbocycles. The quantitative estimate of drug-likeness (QED) is 0.740. The SMILES string of the molecule is N[C@@H](CO)c1cc(F)cc(Br)c1O. The maximum atomic E-state index is 12.8. The van der Waals surface area contributed by atoms with Crippen molar-refractivity contribution in [2.45, 2.75) is 6.04 Å². The maximum absolute atomic E-state index is 12.8. The molecule has 0 unspecified atom stereocenters. The van der Waals surface area contributed by atoms with Crippen LogP contribution in [0.25, 0.3) is 0 Å². The van der Waals surface area contributed by atoms with Crippen molar-refractivity contribution >= 4 is 15.9 Å². The summed E-state index contributed by atoms with van der Waals surface area (Å²) in [6, 6.07) is 1.45. The summed E-state index contributed by atoms with van der Waals surface area (Å²) in [5.74, 6) is -0.647. The van der Waals surface area contributed by atoms with Crippen LogP contribution in [-0.2, 0) is 0 Å². The third-order valence-electron chi connectivity index (χ3n) is 1.65. The second kappa shape index (κ2) is 4.04. The summed E-state index contributed by atoms with van der Waals surface area (Å²) in [4.78, 5) is 0. The fraction of sp³-hybridized carbons (Fsp3) is 0.250. The first-order valence-corrected chi connectivity index (χ1v) is 4.40. The van der Waals surface area contributed by atoms with E-state index in [9.17, 15) is 9.50 Å². The van der Waals surface area contributed by atoms with Crippen LogP contribution in [0.5, 0.6) is 5.75 Å². The van der Waals surface area contributed by atoms with Crippen molar-refractivity contribution in [3.8, 4) is 5.75 Å². The van der Waals surface area contributed by atoms with Gasteiger partial charge in [0, 0.05) is 5.56 Å². The van der Waals surface area contributed by atoms with E-state index in [1.807, 2.05) is 0 Å². The predicted octanol–water partition coefficient (Wildman–Crippen LogP) is 1.29. The molecule has 13 heavy (non-hydrogen) atoms. The number of hydrogen-bond donors (Lipinski definition) is 3. The molecule has 5 heteroatoms. The van der Waals surface area contributed by atoms with Gasteiger partial charge in [0.1, 0.15) is 11.6 Å². The highest BCUT2D eigenvalue weighted by Crippen LogP contribution is 2.31. The number of phenols is 1. The van der Waals surface area contributed by atoms with Crippen LogP contribution in [0, 0.1) is 5.82 Å². The van der Waals surface area contributed by atoms with Crippen molar-refractivity contribution in [3.63, 3.8) is 0 Å². The van der Waals surface area contributed by atoms with E-state index in [4.69, 9.17) is 10.8 Å². The highest BCUT2D eigenvalue weighted by molar-refractivity contribution is 9.10. The standard InChI is InChI=1S/C8H9BrFNO2/c9-6-2-4(10)1-5(8(6)13)7(11)3-12/h1-2,7,12-13H,3,11H2/t7-/m0/s1. The van der Waals surface area contributed by atoms with Gasteiger partial charge in [-0.15, -0.1) is 0 Å². The van der Waals surface area contributed by atoms with E-state index in [1.54, 1.807) is 0 Å². The second-order valence-corrected chi connectivity index (χ2v) is 3.47. The monoisotopic (exact) mass is 249 g/mol. The molecule has 0 aliphatic heterocycles. The molecular formula is C8H9BrFNO2. The van der Waals surface area contributed by atoms with Crippen LogP contribution in [0.2, 0.25) is 0 Å². The molecular weight excluding hydrogens is 241 g/mol. The third-order valence-corrected chi connectivity index (χ3v) is 2.26. The Balaban J connectivity index is 3.20. The minimum atomic E-state index is -0.771. The molecule has 1 rings (SSSR count). The minimum Gasteiger partial charge on any atom is -0.506 e. The Hall–Kier alpha value is -0.650. The smallest absolute Gasteiger partial charge is 0.134 e. The van der Waals surface area contributed by atoms with Gasteiger partial charge in [-0.3, -0.25) is 0 Å². The highest BCUT2D eigenvalue weighted by Gasteiger charge is 2.13. The van der Waals surface area contributed by atoms with E-state index >= 15 is 0 Å². The van der Waals surface area contributed by atoms with Crippen LogP contribution in [-0.4, -0.2) is 16.8 Å². The molecule has 3 nitrogen and oxygen atoms in total. The Labute approximate surface area is 83.1 Å². The van der Waals surface area contributed by atoms with E-state index in [1.165, 1.54) is 0 Å². The largest absolute Gasteiger partial charge is 0.506 e. The van der Waals surface area contributed by atoms with Crippen molar-refractivity contribution in [2.75, 3.05) is 6.61 Å². The summed E-state index contributed by atoms with van der Waals surface area (Å²) < 4.78 is 13.1.